The number of benzene rings is 2. The molecule has 2 rings (SSSR count). The Morgan fingerprint density at radius 2 is 1.95 bits per heavy atom. The Hall–Kier alpha value is -2.69. The van der Waals surface area contributed by atoms with Crippen molar-refractivity contribution in [2.75, 3.05) is 19.4 Å². The number of carbonyl (C=O) groups excluding carboxylic acids is 1. The molecule has 5 nitrogen and oxygen atoms in total. The average Bonchev–Trinajstić information content (AvgIpc) is 2.49. The molecule has 0 aromatic heterocycles. The van der Waals surface area contributed by atoms with Gasteiger partial charge >= 0.3 is 0 Å². The van der Waals surface area contributed by atoms with Gasteiger partial charge in [-0.2, -0.15) is 0 Å². The second-order valence-corrected chi connectivity index (χ2v) is 4.34. The number of nitrogens with one attached hydrogen (secondary N) is 1. The Balaban J connectivity index is 2.26. The zero-order valence-corrected chi connectivity index (χ0v) is 12.1. The summed E-state index contributed by atoms with van der Waals surface area (Å²) in [4.78, 5) is 11.6. The molecule has 2 aromatic carbocycles. The van der Waals surface area contributed by atoms with E-state index in [4.69, 9.17) is 15.2 Å². The van der Waals surface area contributed by atoms with Crippen LogP contribution in [0, 0.1) is 0 Å². The van der Waals surface area contributed by atoms with E-state index in [1.54, 1.807) is 37.4 Å². The number of nitrogen functional groups attached to an aromatic ring is 1. The van der Waals surface area contributed by atoms with Crippen molar-refractivity contribution in [3.63, 3.8) is 0 Å². The van der Waals surface area contributed by atoms with Gasteiger partial charge in [-0.1, -0.05) is 6.07 Å². The molecular formula is C16H18N2O3. The van der Waals surface area contributed by atoms with E-state index < -0.39 is 0 Å². The van der Waals surface area contributed by atoms with Gasteiger partial charge in [0.15, 0.2) is 5.75 Å². The summed E-state index contributed by atoms with van der Waals surface area (Å²) in [6.45, 7) is 2.50. The summed E-state index contributed by atoms with van der Waals surface area (Å²) in [5.41, 5.74) is 6.84. The lowest BCUT2D eigenvalue weighted by atomic mass is 10.2. The fourth-order valence-electron chi connectivity index (χ4n) is 1.83. The van der Waals surface area contributed by atoms with Crippen molar-refractivity contribution < 1.29 is 14.3 Å². The van der Waals surface area contributed by atoms with Crippen LogP contribution in [-0.2, 0) is 0 Å². The number of rotatable bonds is 5. The van der Waals surface area contributed by atoms with Gasteiger partial charge in [-0.25, -0.2) is 0 Å². The van der Waals surface area contributed by atoms with Gasteiger partial charge in [-0.3, -0.25) is 4.79 Å². The summed E-state index contributed by atoms with van der Waals surface area (Å²) in [5, 5.41) is 2.56. The Morgan fingerprint density at radius 3 is 2.67 bits per heavy atom. The molecule has 0 spiro atoms. The molecule has 21 heavy (non-hydrogen) atoms. The molecule has 1 amide bonds. The molecule has 5 heteroatoms. The van der Waals surface area contributed by atoms with Gasteiger partial charge in [-0.15, -0.1) is 0 Å². The van der Waals surface area contributed by atoms with E-state index in [9.17, 15) is 4.79 Å². The predicted octanol–water partition coefficient (Wildman–Crippen LogP) is 2.82. The van der Waals surface area contributed by atoms with E-state index >= 15 is 0 Å². The summed E-state index contributed by atoms with van der Waals surface area (Å²) in [7, 11) is 1.57. The lowest BCUT2D eigenvalue weighted by Crippen LogP contribution is -2.17. The third kappa shape index (κ3) is 3.66. The van der Waals surface area contributed by atoms with Crippen LogP contribution in [0.2, 0.25) is 0 Å². The lowest BCUT2D eigenvalue weighted by Gasteiger charge is -2.11. The molecule has 0 radical (unpaired) electrons. The van der Waals surface area contributed by atoms with Crippen molar-refractivity contribution in [3.05, 3.63) is 48.0 Å². The van der Waals surface area contributed by atoms with Crippen LogP contribution in [0.5, 0.6) is 17.2 Å². The molecule has 2 aromatic rings. The standard InChI is InChI=1S/C16H18N2O3/c1-3-20-12-5-4-6-13(10-12)21-15-9-11(16(19)18-2)7-8-14(15)17/h4-10H,3,17H2,1-2H3,(H,18,19). The molecule has 0 fully saturated rings. The molecule has 0 unspecified atom stereocenters. The fourth-order valence-corrected chi connectivity index (χ4v) is 1.83. The molecule has 0 atom stereocenters. The Bertz CT molecular complexity index is 641. The highest BCUT2D eigenvalue weighted by Gasteiger charge is 2.09. The highest BCUT2D eigenvalue weighted by Crippen LogP contribution is 2.30. The maximum absolute atomic E-state index is 11.6. The highest BCUT2D eigenvalue weighted by atomic mass is 16.5. The number of anilines is 1. The summed E-state index contributed by atoms with van der Waals surface area (Å²) in [6.07, 6.45) is 0. The van der Waals surface area contributed by atoms with Crippen molar-refractivity contribution >= 4 is 11.6 Å². The second kappa shape index (κ2) is 6.65. The van der Waals surface area contributed by atoms with E-state index in [1.165, 1.54) is 0 Å². The SMILES string of the molecule is CCOc1cccc(Oc2cc(C(=O)NC)ccc2N)c1. The zero-order valence-electron chi connectivity index (χ0n) is 12.1. The number of hydrogen-bond donors (Lipinski definition) is 2. The average molecular weight is 286 g/mol. The summed E-state index contributed by atoms with van der Waals surface area (Å²) in [6, 6.07) is 12.2. The van der Waals surface area contributed by atoms with Crippen LogP contribution < -0.4 is 20.5 Å². The van der Waals surface area contributed by atoms with Gasteiger partial charge in [0.25, 0.3) is 5.91 Å². The number of carbonyl (C=O) groups is 1. The predicted molar refractivity (Wildman–Crippen MR) is 81.9 cm³/mol. The van der Waals surface area contributed by atoms with Gasteiger partial charge in [0.2, 0.25) is 0 Å². The normalized spacial score (nSPS) is 10.0. The van der Waals surface area contributed by atoms with Crippen molar-refractivity contribution in [2.45, 2.75) is 6.92 Å². The monoisotopic (exact) mass is 286 g/mol. The topological polar surface area (TPSA) is 73.6 Å². The Kier molecular flexibility index (Phi) is 4.66. The van der Waals surface area contributed by atoms with Gasteiger partial charge in [0, 0.05) is 18.7 Å². The molecule has 0 aliphatic heterocycles. The summed E-state index contributed by atoms with van der Waals surface area (Å²) in [5.74, 6) is 1.56. The van der Waals surface area contributed by atoms with Crippen LogP contribution in [0.25, 0.3) is 0 Å². The van der Waals surface area contributed by atoms with Crippen LogP contribution in [0.15, 0.2) is 42.5 Å². The quantitative estimate of drug-likeness (QED) is 0.829. The van der Waals surface area contributed by atoms with Gasteiger partial charge < -0.3 is 20.5 Å². The van der Waals surface area contributed by atoms with Crippen molar-refractivity contribution in [1.82, 2.24) is 5.32 Å². The first-order valence-corrected chi connectivity index (χ1v) is 6.66. The summed E-state index contributed by atoms with van der Waals surface area (Å²) >= 11 is 0. The van der Waals surface area contributed by atoms with Gasteiger partial charge in [-0.05, 0) is 37.3 Å². The van der Waals surface area contributed by atoms with Crippen LogP contribution >= 0.6 is 0 Å². The molecule has 0 aliphatic carbocycles. The molecule has 0 saturated carbocycles. The van der Waals surface area contributed by atoms with Crippen LogP contribution in [0.3, 0.4) is 0 Å². The molecular weight excluding hydrogens is 268 g/mol. The zero-order chi connectivity index (χ0) is 15.2. The largest absolute Gasteiger partial charge is 0.494 e. The second-order valence-electron chi connectivity index (χ2n) is 4.34. The molecule has 0 aliphatic rings. The first kappa shape index (κ1) is 14.7. The number of hydrogen-bond acceptors (Lipinski definition) is 4. The summed E-state index contributed by atoms with van der Waals surface area (Å²) < 4.78 is 11.2. The van der Waals surface area contributed by atoms with Crippen LogP contribution in [0.4, 0.5) is 5.69 Å². The van der Waals surface area contributed by atoms with E-state index in [0.29, 0.717) is 29.4 Å². The van der Waals surface area contributed by atoms with Crippen molar-refractivity contribution in [3.8, 4) is 17.2 Å². The van der Waals surface area contributed by atoms with Gasteiger partial charge in [0.1, 0.15) is 11.5 Å². The number of nitrogens with two attached hydrogens (primary N) is 1. The molecule has 3 N–H and O–H groups in total. The number of amides is 1. The van der Waals surface area contributed by atoms with E-state index in [-0.39, 0.29) is 5.91 Å². The van der Waals surface area contributed by atoms with Crippen molar-refractivity contribution in [1.29, 1.82) is 0 Å². The molecule has 110 valence electrons. The lowest BCUT2D eigenvalue weighted by molar-refractivity contribution is 0.0963. The minimum absolute atomic E-state index is 0.192. The Labute approximate surface area is 123 Å². The number of ether oxygens (including phenoxy) is 2. The van der Waals surface area contributed by atoms with E-state index in [1.807, 2.05) is 19.1 Å². The maximum Gasteiger partial charge on any atom is 0.251 e. The first-order valence-electron chi connectivity index (χ1n) is 6.66. The van der Waals surface area contributed by atoms with Gasteiger partial charge in [0.05, 0.1) is 12.3 Å². The van der Waals surface area contributed by atoms with Crippen LogP contribution in [0.1, 0.15) is 17.3 Å². The maximum atomic E-state index is 11.6. The molecule has 0 heterocycles. The fraction of sp³-hybridized carbons (Fsp3) is 0.188. The smallest absolute Gasteiger partial charge is 0.251 e. The van der Waals surface area contributed by atoms with Crippen LogP contribution in [-0.4, -0.2) is 19.6 Å². The highest BCUT2D eigenvalue weighted by molar-refractivity contribution is 5.95. The van der Waals surface area contributed by atoms with E-state index in [2.05, 4.69) is 5.32 Å². The first-order chi connectivity index (χ1) is 10.1. The minimum Gasteiger partial charge on any atom is -0.494 e. The Morgan fingerprint density at radius 1 is 1.19 bits per heavy atom. The third-order valence-electron chi connectivity index (χ3n) is 2.85. The molecule has 0 bridgehead atoms. The van der Waals surface area contributed by atoms with E-state index in [0.717, 1.165) is 5.75 Å². The minimum atomic E-state index is -0.192. The van der Waals surface area contributed by atoms with Crippen molar-refractivity contribution in [2.24, 2.45) is 0 Å². The third-order valence-corrected chi connectivity index (χ3v) is 2.85. The molecule has 0 saturated heterocycles.